The van der Waals surface area contributed by atoms with E-state index >= 15 is 0 Å². The average Bonchev–Trinajstić information content (AvgIpc) is 2.57. The molecule has 0 fully saturated rings. The van der Waals surface area contributed by atoms with Gasteiger partial charge in [-0.05, 0) is 11.1 Å². The fourth-order valence-corrected chi connectivity index (χ4v) is 3.03. The van der Waals surface area contributed by atoms with Gasteiger partial charge in [0.2, 0.25) is 0 Å². The van der Waals surface area contributed by atoms with Gasteiger partial charge in [-0.3, -0.25) is 0 Å². The third-order valence-corrected chi connectivity index (χ3v) is 4.16. The zero-order valence-corrected chi connectivity index (χ0v) is 13.9. The SMILES string of the molecule is [Cl-].[NH3+]C(Cc1ccccc1)(Cc1ccccc1)c1ccccc1. The lowest BCUT2D eigenvalue weighted by molar-refractivity contribution is -0.487. The number of hydrogen-bond acceptors (Lipinski definition) is 0. The van der Waals surface area contributed by atoms with Gasteiger partial charge in [0.05, 0.1) is 0 Å². The van der Waals surface area contributed by atoms with E-state index in [-0.39, 0.29) is 17.9 Å². The molecule has 0 radical (unpaired) electrons. The van der Waals surface area contributed by atoms with E-state index in [1.807, 2.05) is 0 Å². The molecule has 0 saturated carbocycles. The number of hydrogen-bond donors (Lipinski definition) is 1. The molecule has 118 valence electrons. The molecule has 0 heterocycles. The Balaban J connectivity index is 0.00000192. The molecule has 0 unspecified atom stereocenters. The maximum absolute atomic E-state index is 4.63. The van der Waals surface area contributed by atoms with Crippen LogP contribution < -0.4 is 18.1 Å². The Morgan fingerprint density at radius 2 is 0.913 bits per heavy atom. The predicted molar refractivity (Wildman–Crippen MR) is 91.3 cm³/mol. The summed E-state index contributed by atoms with van der Waals surface area (Å²) in [6.07, 6.45) is 1.87. The zero-order valence-electron chi connectivity index (χ0n) is 13.2. The molecule has 0 bridgehead atoms. The third kappa shape index (κ3) is 4.44. The summed E-state index contributed by atoms with van der Waals surface area (Å²) >= 11 is 0. The molecule has 3 aromatic rings. The summed E-state index contributed by atoms with van der Waals surface area (Å²) in [4.78, 5) is 0. The van der Waals surface area contributed by atoms with Crippen LogP contribution in [0.3, 0.4) is 0 Å². The lowest BCUT2D eigenvalue weighted by Crippen LogP contribution is -3.00. The zero-order chi connectivity index (χ0) is 15.3. The summed E-state index contributed by atoms with van der Waals surface area (Å²) in [6, 6.07) is 31.9. The van der Waals surface area contributed by atoms with Crippen LogP contribution in [-0.2, 0) is 18.4 Å². The fourth-order valence-electron chi connectivity index (χ4n) is 3.03. The maximum Gasteiger partial charge on any atom is 0.128 e. The van der Waals surface area contributed by atoms with Crippen molar-refractivity contribution in [2.24, 2.45) is 0 Å². The summed E-state index contributed by atoms with van der Waals surface area (Å²) in [7, 11) is 0. The molecule has 0 atom stereocenters. The molecular formula is C21H22ClN. The quantitative estimate of drug-likeness (QED) is 0.713. The number of halogens is 1. The van der Waals surface area contributed by atoms with Gasteiger partial charge in [0, 0.05) is 18.4 Å². The molecule has 23 heavy (non-hydrogen) atoms. The third-order valence-electron chi connectivity index (χ3n) is 4.16. The second kappa shape index (κ2) is 7.96. The maximum atomic E-state index is 4.63. The van der Waals surface area contributed by atoms with Crippen molar-refractivity contribution in [3.8, 4) is 0 Å². The number of benzene rings is 3. The Morgan fingerprint density at radius 1 is 0.565 bits per heavy atom. The first-order chi connectivity index (χ1) is 10.8. The van der Waals surface area contributed by atoms with Crippen LogP contribution in [0, 0.1) is 0 Å². The molecule has 1 nitrogen and oxygen atoms in total. The first-order valence-electron chi connectivity index (χ1n) is 7.75. The highest BCUT2D eigenvalue weighted by Gasteiger charge is 2.32. The molecular weight excluding hydrogens is 302 g/mol. The van der Waals surface area contributed by atoms with Crippen molar-refractivity contribution >= 4 is 0 Å². The van der Waals surface area contributed by atoms with Crippen molar-refractivity contribution in [3.63, 3.8) is 0 Å². The van der Waals surface area contributed by atoms with Gasteiger partial charge in [0.15, 0.2) is 0 Å². The van der Waals surface area contributed by atoms with E-state index in [4.69, 9.17) is 0 Å². The van der Waals surface area contributed by atoms with Gasteiger partial charge in [-0.15, -0.1) is 0 Å². The molecule has 2 heteroatoms. The van der Waals surface area contributed by atoms with Crippen LogP contribution in [0.5, 0.6) is 0 Å². The smallest absolute Gasteiger partial charge is 0.128 e. The van der Waals surface area contributed by atoms with Gasteiger partial charge >= 0.3 is 0 Å². The molecule has 3 aromatic carbocycles. The minimum absolute atomic E-state index is 0. The topological polar surface area (TPSA) is 27.6 Å². The van der Waals surface area contributed by atoms with Gasteiger partial charge in [0.1, 0.15) is 5.54 Å². The van der Waals surface area contributed by atoms with Crippen LogP contribution in [0.2, 0.25) is 0 Å². The lowest BCUT2D eigenvalue weighted by Gasteiger charge is -2.27. The normalized spacial score (nSPS) is 10.8. The van der Waals surface area contributed by atoms with Gasteiger partial charge in [-0.2, -0.15) is 0 Å². The van der Waals surface area contributed by atoms with Gasteiger partial charge < -0.3 is 18.1 Å². The largest absolute Gasteiger partial charge is 1.00 e. The summed E-state index contributed by atoms with van der Waals surface area (Å²) in [5, 5.41) is 0. The Kier molecular flexibility index (Phi) is 5.97. The minimum Gasteiger partial charge on any atom is -1.00 e. The highest BCUT2D eigenvalue weighted by atomic mass is 35.5. The number of quaternary nitrogens is 1. The van der Waals surface area contributed by atoms with Gasteiger partial charge in [-0.25, -0.2) is 0 Å². The monoisotopic (exact) mass is 323 g/mol. The Bertz CT molecular complexity index is 654. The Labute approximate surface area is 144 Å². The molecule has 0 amide bonds. The molecule has 0 saturated heterocycles. The highest BCUT2D eigenvalue weighted by molar-refractivity contribution is 5.29. The predicted octanol–water partition coefficient (Wildman–Crippen LogP) is 0.613. The second-order valence-corrected chi connectivity index (χ2v) is 5.97. The van der Waals surface area contributed by atoms with E-state index in [1.54, 1.807) is 0 Å². The summed E-state index contributed by atoms with van der Waals surface area (Å²) in [5.74, 6) is 0. The minimum atomic E-state index is -0.149. The fraction of sp³-hybridized carbons (Fsp3) is 0.143. The highest BCUT2D eigenvalue weighted by Crippen LogP contribution is 2.25. The molecule has 0 aliphatic heterocycles. The Morgan fingerprint density at radius 3 is 1.30 bits per heavy atom. The molecule has 0 aromatic heterocycles. The van der Waals surface area contributed by atoms with Crippen LogP contribution in [0.15, 0.2) is 91.0 Å². The second-order valence-electron chi connectivity index (χ2n) is 5.97. The average molecular weight is 324 g/mol. The van der Waals surface area contributed by atoms with Crippen LogP contribution in [0.25, 0.3) is 0 Å². The van der Waals surface area contributed by atoms with Crippen molar-refractivity contribution in [2.75, 3.05) is 0 Å². The molecule has 0 aliphatic carbocycles. The van der Waals surface area contributed by atoms with Crippen molar-refractivity contribution in [1.82, 2.24) is 0 Å². The standard InChI is InChI=1S/C21H21N.ClH/c22-21(20-14-8-3-9-15-20,16-18-10-4-1-5-11-18)17-19-12-6-2-7-13-19;/h1-15H,16-17,22H2;1H. The van der Waals surface area contributed by atoms with Crippen LogP contribution in [0.1, 0.15) is 16.7 Å². The van der Waals surface area contributed by atoms with E-state index in [0.29, 0.717) is 0 Å². The van der Waals surface area contributed by atoms with E-state index in [1.165, 1.54) is 16.7 Å². The molecule has 3 rings (SSSR count). The van der Waals surface area contributed by atoms with E-state index in [0.717, 1.165) is 12.8 Å². The molecule has 0 spiro atoms. The molecule has 0 aliphatic rings. The van der Waals surface area contributed by atoms with Crippen molar-refractivity contribution in [3.05, 3.63) is 108 Å². The Hall–Kier alpha value is -2.09. The van der Waals surface area contributed by atoms with E-state index in [2.05, 4.69) is 96.7 Å². The number of rotatable bonds is 5. The van der Waals surface area contributed by atoms with Crippen LogP contribution in [-0.4, -0.2) is 0 Å². The van der Waals surface area contributed by atoms with Crippen LogP contribution >= 0.6 is 0 Å². The van der Waals surface area contributed by atoms with Crippen LogP contribution in [0.4, 0.5) is 0 Å². The first kappa shape index (κ1) is 17.3. The van der Waals surface area contributed by atoms with Gasteiger partial charge in [0.25, 0.3) is 0 Å². The van der Waals surface area contributed by atoms with E-state index in [9.17, 15) is 0 Å². The molecule has 3 N–H and O–H groups in total. The first-order valence-corrected chi connectivity index (χ1v) is 7.75. The summed E-state index contributed by atoms with van der Waals surface area (Å²) < 4.78 is 0. The van der Waals surface area contributed by atoms with Crippen molar-refractivity contribution in [1.29, 1.82) is 0 Å². The van der Waals surface area contributed by atoms with Crippen molar-refractivity contribution < 1.29 is 18.1 Å². The van der Waals surface area contributed by atoms with Gasteiger partial charge in [-0.1, -0.05) is 91.0 Å². The lowest BCUT2D eigenvalue weighted by atomic mass is 9.80. The summed E-state index contributed by atoms with van der Waals surface area (Å²) in [5.41, 5.74) is 8.44. The van der Waals surface area contributed by atoms with Crippen molar-refractivity contribution in [2.45, 2.75) is 18.4 Å². The van der Waals surface area contributed by atoms with E-state index < -0.39 is 0 Å². The summed E-state index contributed by atoms with van der Waals surface area (Å²) in [6.45, 7) is 0.